The Morgan fingerprint density at radius 1 is 0.963 bits per heavy atom. The van der Waals surface area contributed by atoms with Crippen LogP contribution in [0, 0.1) is 6.92 Å². The lowest BCUT2D eigenvalue weighted by atomic mass is 9.95. The molecule has 1 amide bonds. The standard InChI is InChI=1S/C22H23NO4/c1-15-11-12-19(18-10-6-5-9-17(15)18)21(25)20(24)13-23-22(26)27-14-16-7-3-2-4-8-16/h2-12,20-21,24-25H,13-14H2,1H3,(H,23,26). The zero-order valence-corrected chi connectivity index (χ0v) is 15.1. The van der Waals surface area contributed by atoms with Crippen LogP contribution < -0.4 is 5.32 Å². The summed E-state index contributed by atoms with van der Waals surface area (Å²) in [4.78, 5) is 11.8. The summed E-state index contributed by atoms with van der Waals surface area (Å²) in [7, 11) is 0. The first-order valence-electron chi connectivity index (χ1n) is 8.85. The van der Waals surface area contributed by atoms with Gasteiger partial charge in [-0.1, -0.05) is 66.7 Å². The molecule has 2 atom stereocenters. The number of nitrogens with one attached hydrogen (secondary N) is 1. The van der Waals surface area contributed by atoms with Crippen molar-refractivity contribution in [3.63, 3.8) is 0 Å². The second kappa shape index (κ2) is 8.66. The number of amides is 1. The van der Waals surface area contributed by atoms with Gasteiger partial charge in [0.15, 0.2) is 0 Å². The number of ether oxygens (including phenoxy) is 1. The summed E-state index contributed by atoms with van der Waals surface area (Å²) in [6, 6.07) is 20.8. The summed E-state index contributed by atoms with van der Waals surface area (Å²) in [5, 5.41) is 25.3. The van der Waals surface area contributed by atoms with Crippen molar-refractivity contribution in [2.45, 2.75) is 25.7 Å². The highest BCUT2D eigenvalue weighted by Gasteiger charge is 2.21. The Morgan fingerprint density at radius 3 is 2.37 bits per heavy atom. The monoisotopic (exact) mass is 365 g/mol. The van der Waals surface area contributed by atoms with E-state index in [0.717, 1.165) is 21.9 Å². The lowest BCUT2D eigenvalue weighted by Crippen LogP contribution is -2.35. The third-order valence-corrected chi connectivity index (χ3v) is 4.53. The first-order valence-corrected chi connectivity index (χ1v) is 8.85. The van der Waals surface area contributed by atoms with Gasteiger partial charge in [0.2, 0.25) is 0 Å². The van der Waals surface area contributed by atoms with E-state index >= 15 is 0 Å². The van der Waals surface area contributed by atoms with Gasteiger partial charge in [0.25, 0.3) is 0 Å². The van der Waals surface area contributed by atoms with E-state index in [0.29, 0.717) is 5.56 Å². The number of carbonyl (C=O) groups is 1. The first-order chi connectivity index (χ1) is 13.1. The lowest BCUT2D eigenvalue weighted by Gasteiger charge is -2.20. The number of hydrogen-bond acceptors (Lipinski definition) is 4. The molecule has 3 N–H and O–H groups in total. The topological polar surface area (TPSA) is 78.8 Å². The molecule has 3 aromatic carbocycles. The smallest absolute Gasteiger partial charge is 0.407 e. The summed E-state index contributed by atoms with van der Waals surface area (Å²) in [5.41, 5.74) is 2.60. The molecule has 3 aromatic rings. The third kappa shape index (κ3) is 4.64. The maximum Gasteiger partial charge on any atom is 0.407 e. The Labute approximate surface area is 158 Å². The quantitative estimate of drug-likeness (QED) is 0.625. The number of rotatable bonds is 6. The molecule has 0 aliphatic rings. The van der Waals surface area contributed by atoms with E-state index in [1.165, 1.54) is 0 Å². The number of benzene rings is 3. The molecule has 0 aliphatic heterocycles. The fraction of sp³-hybridized carbons (Fsp3) is 0.227. The molecule has 0 saturated carbocycles. The van der Waals surface area contributed by atoms with E-state index in [-0.39, 0.29) is 13.2 Å². The average molecular weight is 365 g/mol. The number of aliphatic hydroxyl groups excluding tert-OH is 2. The Bertz CT molecular complexity index is 911. The number of fused-ring (bicyclic) bond motifs is 1. The summed E-state index contributed by atoms with van der Waals surface area (Å²) >= 11 is 0. The second-order valence-electron chi connectivity index (χ2n) is 6.47. The van der Waals surface area contributed by atoms with Gasteiger partial charge in [-0.3, -0.25) is 0 Å². The van der Waals surface area contributed by atoms with Crippen LogP contribution in [0.25, 0.3) is 10.8 Å². The summed E-state index contributed by atoms with van der Waals surface area (Å²) < 4.78 is 5.11. The van der Waals surface area contributed by atoms with Crippen LogP contribution in [0.15, 0.2) is 66.7 Å². The highest BCUT2D eigenvalue weighted by molar-refractivity contribution is 5.88. The predicted octanol–water partition coefficient (Wildman–Crippen LogP) is 3.47. The van der Waals surface area contributed by atoms with Crippen LogP contribution >= 0.6 is 0 Å². The van der Waals surface area contributed by atoms with Gasteiger partial charge in [-0.05, 0) is 34.4 Å². The van der Waals surface area contributed by atoms with Gasteiger partial charge in [0.05, 0.1) is 0 Å². The molecule has 0 aromatic heterocycles. The van der Waals surface area contributed by atoms with Crippen LogP contribution in [-0.2, 0) is 11.3 Å². The number of aliphatic hydroxyl groups is 2. The van der Waals surface area contributed by atoms with Gasteiger partial charge in [-0.25, -0.2) is 4.79 Å². The molecule has 140 valence electrons. The van der Waals surface area contributed by atoms with Gasteiger partial charge >= 0.3 is 6.09 Å². The molecule has 2 unspecified atom stereocenters. The van der Waals surface area contributed by atoms with Crippen molar-refractivity contribution in [3.05, 3.63) is 83.4 Å². The molecule has 27 heavy (non-hydrogen) atoms. The van der Waals surface area contributed by atoms with E-state index < -0.39 is 18.3 Å². The van der Waals surface area contributed by atoms with Crippen molar-refractivity contribution >= 4 is 16.9 Å². The van der Waals surface area contributed by atoms with Crippen LogP contribution in [0.5, 0.6) is 0 Å². The number of aryl methyl sites for hydroxylation is 1. The van der Waals surface area contributed by atoms with Crippen molar-refractivity contribution in [2.24, 2.45) is 0 Å². The molecule has 0 heterocycles. The largest absolute Gasteiger partial charge is 0.445 e. The molecular formula is C22H23NO4. The third-order valence-electron chi connectivity index (χ3n) is 4.53. The zero-order valence-electron chi connectivity index (χ0n) is 15.1. The van der Waals surface area contributed by atoms with Crippen LogP contribution in [0.1, 0.15) is 22.8 Å². The highest BCUT2D eigenvalue weighted by Crippen LogP contribution is 2.28. The van der Waals surface area contributed by atoms with Crippen molar-refractivity contribution in [3.8, 4) is 0 Å². The SMILES string of the molecule is Cc1ccc(C(O)C(O)CNC(=O)OCc2ccccc2)c2ccccc12. The van der Waals surface area contributed by atoms with Crippen molar-refractivity contribution in [1.29, 1.82) is 0 Å². The molecule has 0 aliphatic carbocycles. The summed E-state index contributed by atoms with van der Waals surface area (Å²) in [6.45, 7) is 2.03. The molecule has 0 fully saturated rings. The average Bonchev–Trinajstić information content (AvgIpc) is 2.71. The Morgan fingerprint density at radius 2 is 1.63 bits per heavy atom. The maximum absolute atomic E-state index is 11.8. The van der Waals surface area contributed by atoms with Gasteiger partial charge in [-0.2, -0.15) is 0 Å². The van der Waals surface area contributed by atoms with E-state index in [1.54, 1.807) is 6.07 Å². The van der Waals surface area contributed by atoms with Gasteiger partial charge in [0, 0.05) is 6.54 Å². The van der Waals surface area contributed by atoms with Gasteiger partial charge < -0.3 is 20.3 Å². The van der Waals surface area contributed by atoms with Crippen LogP contribution in [0.2, 0.25) is 0 Å². The molecular weight excluding hydrogens is 342 g/mol. The molecule has 0 saturated heterocycles. The van der Waals surface area contributed by atoms with Crippen LogP contribution in [-0.4, -0.2) is 29.0 Å². The fourth-order valence-corrected chi connectivity index (χ4v) is 3.01. The first kappa shape index (κ1) is 18.9. The second-order valence-corrected chi connectivity index (χ2v) is 6.47. The van der Waals surface area contributed by atoms with Gasteiger partial charge in [0.1, 0.15) is 18.8 Å². The molecule has 3 rings (SSSR count). The van der Waals surface area contributed by atoms with E-state index in [2.05, 4.69) is 5.32 Å². The van der Waals surface area contributed by atoms with E-state index in [1.807, 2.05) is 67.6 Å². The Hall–Kier alpha value is -2.89. The van der Waals surface area contributed by atoms with Crippen LogP contribution in [0.3, 0.4) is 0 Å². The highest BCUT2D eigenvalue weighted by atomic mass is 16.5. The normalized spacial score (nSPS) is 13.1. The Balaban J connectivity index is 1.59. The molecule has 5 nitrogen and oxygen atoms in total. The summed E-state index contributed by atoms with van der Waals surface area (Å²) in [5.74, 6) is 0. The van der Waals surface area contributed by atoms with Crippen molar-refractivity contribution in [1.82, 2.24) is 5.32 Å². The predicted molar refractivity (Wildman–Crippen MR) is 104 cm³/mol. The molecule has 0 spiro atoms. The minimum Gasteiger partial charge on any atom is -0.445 e. The lowest BCUT2D eigenvalue weighted by molar-refractivity contribution is 0.0192. The zero-order chi connectivity index (χ0) is 19.2. The van der Waals surface area contributed by atoms with Crippen molar-refractivity contribution in [2.75, 3.05) is 6.54 Å². The van der Waals surface area contributed by atoms with Crippen LogP contribution in [0.4, 0.5) is 4.79 Å². The number of alkyl carbamates (subject to hydrolysis) is 1. The fourth-order valence-electron chi connectivity index (χ4n) is 3.01. The maximum atomic E-state index is 11.8. The molecule has 0 radical (unpaired) electrons. The van der Waals surface area contributed by atoms with E-state index in [4.69, 9.17) is 4.74 Å². The van der Waals surface area contributed by atoms with Crippen molar-refractivity contribution < 1.29 is 19.7 Å². The Kier molecular flexibility index (Phi) is 6.06. The van der Waals surface area contributed by atoms with Gasteiger partial charge in [-0.15, -0.1) is 0 Å². The number of carbonyl (C=O) groups excluding carboxylic acids is 1. The summed E-state index contributed by atoms with van der Waals surface area (Å²) in [6.07, 6.45) is -2.91. The molecule has 5 heteroatoms. The minimum absolute atomic E-state index is 0.114. The molecule has 0 bridgehead atoms. The number of hydrogen-bond donors (Lipinski definition) is 3. The van der Waals surface area contributed by atoms with E-state index in [9.17, 15) is 15.0 Å². The minimum atomic E-state index is -1.15.